The number of ketones is 1. The fourth-order valence-electron chi connectivity index (χ4n) is 1.83. The van der Waals surface area contributed by atoms with Gasteiger partial charge in [-0.3, -0.25) is 9.59 Å². The lowest BCUT2D eigenvalue weighted by molar-refractivity contribution is -0.140. The Morgan fingerprint density at radius 1 is 1.28 bits per heavy atom. The lowest BCUT2D eigenvalue weighted by Gasteiger charge is -2.14. The van der Waals surface area contributed by atoms with Crippen LogP contribution < -0.4 is 4.74 Å². The molecular formula is C14H18O4. The van der Waals surface area contributed by atoms with Crippen molar-refractivity contribution in [2.75, 3.05) is 14.2 Å². The number of benzene rings is 1. The van der Waals surface area contributed by atoms with Crippen molar-refractivity contribution in [3.8, 4) is 5.75 Å². The molecule has 0 bridgehead atoms. The molecule has 98 valence electrons. The number of hydrogen-bond donors (Lipinski definition) is 0. The SMILES string of the molecule is COC(=O)CCC(C(C)=O)c1cccc(OC)c1. The first-order chi connectivity index (χ1) is 8.58. The van der Waals surface area contributed by atoms with Crippen molar-refractivity contribution in [2.24, 2.45) is 0 Å². The summed E-state index contributed by atoms with van der Waals surface area (Å²) in [6.45, 7) is 1.53. The summed E-state index contributed by atoms with van der Waals surface area (Å²) < 4.78 is 9.71. The average molecular weight is 250 g/mol. The Balaban J connectivity index is 2.83. The van der Waals surface area contributed by atoms with E-state index in [4.69, 9.17) is 4.74 Å². The molecule has 0 saturated heterocycles. The molecule has 0 aliphatic rings. The summed E-state index contributed by atoms with van der Waals surface area (Å²) in [5, 5.41) is 0. The molecule has 1 aromatic carbocycles. The van der Waals surface area contributed by atoms with E-state index >= 15 is 0 Å². The number of rotatable bonds is 6. The molecule has 0 fully saturated rings. The monoisotopic (exact) mass is 250 g/mol. The van der Waals surface area contributed by atoms with Crippen molar-refractivity contribution in [2.45, 2.75) is 25.7 Å². The number of esters is 1. The van der Waals surface area contributed by atoms with Crippen molar-refractivity contribution in [3.05, 3.63) is 29.8 Å². The van der Waals surface area contributed by atoms with Gasteiger partial charge >= 0.3 is 5.97 Å². The molecule has 0 saturated carbocycles. The highest BCUT2D eigenvalue weighted by Gasteiger charge is 2.18. The third-order valence-corrected chi connectivity index (χ3v) is 2.85. The van der Waals surface area contributed by atoms with Gasteiger partial charge in [0.2, 0.25) is 0 Å². The van der Waals surface area contributed by atoms with E-state index in [-0.39, 0.29) is 24.1 Å². The van der Waals surface area contributed by atoms with E-state index in [1.165, 1.54) is 14.0 Å². The van der Waals surface area contributed by atoms with Crippen LogP contribution in [0.25, 0.3) is 0 Å². The number of ether oxygens (including phenoxy) is 2. The van der Waals surface area contributed by atoms with Gasteiger partial charge in [0.15, 0.2) is 0 Å². The van der Waals surface area contributed by atoms with Crippen molar-refractivity contribution < 1.29 is 19.1 Å². The van der Waals surface area contributed by atoms with Crippen molar-refractivity contribution >= 4 is 11.8 Å². The van der Waals surface area contributed by atoms with Crippen LogP contribution in [-0.4, -0.2) is 26.0 Å². The van der Waals surface area contributed by atoms with Gasteiger partial charge < -0.3 is 9.47 Å². The van der Waals surface area contributed by atoms with Gasteiger partial charge in [-0.1, -0.05) is 12.1 Å². The van der Waals surface area contributed by atoms with E-state index in [0.717, 1.165) is 5.56 Å². The number of Topliss-reactive ketones (excluding diaryl/α,β-unsaturated/α-hetero) is 1. The zero-order valence-electron chi connectivity index (χ0n) is 10.9. The van der Waals surface area contributed by atoms with Gasteiger partial charge in [-0.05, 0) is 31.0 Å². The maximum atomic E-state index is 11.7. The normalized spacial score (nSPS) is 11.7. The smallest absolute Gasteiger partial charge is 0.305 e. The predicted octanol–water partition coefficient (Wildman–Crippen LogP) is 2.32. The largest absolute Gasteiger partial charge is 0.497 e. The first kappa shape index (κ1) is 14.2. The van der Waals surface area contributed by atoms with Gasteiger partial charge in [-0.25, -0.2) is 0 Å². The minimum absolute atomic E-state index is 0.0344. The van der Waals surface area contributed by atoms with Crippen LogP contribution in [0.4, 0.5) is 0 Å². The van der Waals surface area contributed by atoms with Gasteiger partial charge in [0.25, 0.3) is 0 Å². The van der Waals surface area contributed by atoms with E-state index < -0.39 is 0 Å². The second-order valence-electron chi connectivity index (χ2n) is 4.05. The third-order valence-electron chi connectivity index (χ3n) is 2.85. The summed E-state index contributed by atoms with van der Waals surface area (Å²) in [6.07, 6.45) is 0.688. The van der Waals surface area contributed by atoms with E-state index in [9.17, 15) is 9.59 Å². The molecule has 18 heavy (non-hydrogen) atoms. The zero-order valence-corrected chi connectivity index (χ0v) is 10.9. The van der Waals surface area contributed by atoms with Gasteiger partial charge in [-0.2, -0.15) is 0 Å². The molecule has 4 nitrogen and oxygen atoms in total. The Labute approximate surface area is 107 Å². The molecule has 4 heteroatoms. The number of carbonyl (C=O) groups is 2. The Morgan fingerprint density at radius 2 is 2.00 bits per heavy atom. The van der Waals surface area contributed by atoms with E-state index in [1.807, 2.05) is 24.3 Å². The maximum Gasteiger partial charge on any atom is 0.305 e. The summed E-state index contributed by atoms with van der Waals surface area (Å²) >= 11 is 0. The molecule has 1 atom stereocenters. The molecule has 1 unspecified atom stereocenters. The highest BCUT2D eigenvalue weighted by molar-refractivity contribution is 5.84. The Hall–Kier alpha value is -1.84. The van der Waals surface area contributed by atoms with Gasteiger partial charge in [0.1, 0.15) is 11.5 Å². The van der Waals surface area contributed by atoms with Crippen LogP contribution in [0.1, 0.15) is 31.2 Å². The van der Waals surface area contributed by atoms with Gasteiger partial charge in [0, 0.05) is 12.3 Å². The molecule has 0 aliphatic heterocycles. The summed E-state index contributed by atoms with van der Waals surface area (Å²) in [6, 6.07) is 7.35. The summed E-state index contributed by atoms with van der Waals surface area (Å²) in [7, 11) is 2.92. The Bertz CT molecular complexity index is 426. The molecular weight excluding hydrogens is 232 g/mol. The predicted molar refractivity (Wildman–Crippen MR) is 67.7 cm³/mol. The zero-order chi connectivity index (χ0) is 13.5. The van der Waals surface area contributed by atoms with E-state index in [1.54, 1.807) is 7.11 Å². The number of hydrogen-bond acceptors (Lipinski definition) is 4. The first-order valence-electron chi connectivity index (χ1n) is 5.79. The molecule has 0 aliphatic carbocycles. The highest BCUT2D eigenvalue weighted by atomic mass is 16.5. The van der Waals surface area contributed by atoms with Crippen LogP contribution in [-0.2, 0) is 14.3 Å². The molecule has 0 amide bonds. The molecule has 0 aromatic heterocycles. The maximum absolute atomic E-state index is 11.7. The van der Waals surface area contributed by atoms with Crippen LogP contribution in [0.15, 0.2) is 24.3 Å². The van der Waals surface area contributed by atoms with Gasteiger partial charge in [-0.15, -0.1) is 0 Å². The lowest BCUT2D eigenvalue weighted by atomic mass is 9.91. The van der Waals surface area contributed by atoms with Crippen LogP contribution >= 0.6 is 0 Å². The average Bonchev–Trinajstić information content (AvgIpc) is 2.38. The summed E-state index contributed by atoms with van der Waals surface area (Å²) in [5.74, 6) is 0.146. The molecule has 0 N–H and O–H groups in total. The molecule has 1 rings (SSSR count). The fourth-order valence-corrected chi connectivity index (χ4v) is 1.83. The van der Waals surface area contributed by atoms with Crippen LogP contribution in [0.5, 0.6) is 5.75 Å². The van der Waals surface area contributed by atoms with Crippen molar-refractivity contribution in [3.63, 3.8) is 0 Å². The molecule has 0 heterocycles. The summed E-state index contributed by atoms with van der Waals surface area (Å²) in [4.78, 5) is 22.8. The van der Waals surface area contributed by atoms with Crippen LogP contribution in [0.2, 0.25) is 0 Å². The Morgan fingerprint density at radius 3 is 2.56 bits per heavy atom. The van der Waals surface area contributed by atoms with E-state index in [2.05, 4.69) is 4.74 Å². The Kier molecular flexibility index (Phi) is 5.36. The van der Waals surface area contributed by atoms with Crippen LogP contribution in [0.3, 0.4) is 0 Å². The van der Waals surface area contributed by atoms with Crippen LogP contribution in [0, 0.1) is 0 Å². The fraction of sp³-hybridized carbons (Fsp3) is 0.429. The van der Waals surface area contributed by atoms with Crippen molar-refractivity contribution in [1.82, 2.24) is 0 Å². The highest BCUT2D eigenvalue weighted by Crippen LogP contribution is 2.25. The quantitative estimate of drug-likeness (QED) is 0.727. The molecule has 1 aromatic rings. The third kappa shape index (κ3) is 3.87. The number of carbonyl (C=O) groups excluding carboxylic acids is 2. The van der Waals surface area contributed by atoms with Gasteiger partial charge in [0.05, 0.1) is 14.2 Å². The second-order valence-corrected chi connectivity index (χ2v) is 4.05. The molecule has 0 spiro atoms. The second kappa shape index (κ2) is 6.79. The molecule has 0 radical (unpaired) electrons. The van der Waals surface area contributed by atoms with Crippen molar-refractivity contribution in [1.29, 1.82) is 0 Å². The van der Waals surface area contributed by atoms with E-state index in [0.29, 0.717) is 12.2 Å². The standard InChI is InChI=1S/C14H18O4/c1-10(15)13(7-8-14(16)18-3)11-5-4-6-12(9-11)17-2/h4-6,9,13H,7-8H2,1-3H3. The summed E-state index contributed by atoms with van der Waals surface area (Å²) in [5.41, 5.74) is 0.866. The minimum atomic E-state index is -0.302. The lowest BCUT2D eigenvalue weighted by Crippen LogP contribution is -2.12. The topological polar surface area (TPSA) is 52.6 Å². The first-order valence-corrected chi connectivity index (χ1v) is 5.79. The number of methoxy groups -OCH3 is 2. The minimum Gasteiger partial charge on any atom is -0.497 e.